The van der Waals surface area contributed by atoms with Crippen molar-refractivity contribution in [2.75, 3.05) is 6.61 Å². The van der Waals surface area contributed by atoms with Crippen molar-refractivity contribution < 1.29 is 9.26 Å². The molecule has 2 rings (SSSR count). The first kappa shape index (κ1) is 11.7. The number of halogens is 1. The summed E-state index contributed by atoms with van der Waals surface area (Å²) in [5.41, 5.74) is 0.826. The monoisotopic (exact) mass is 250 g/mol. The fourth-order valence-corrected chi connectivity index (χ4v) is 1.42. The van der Waals surface area contributed by atoms with E-state index in [-0.39, 0.29) is 5.88 Å². The lowest BCUT2D eigenvalue weighted by molar-refractivity contribution is 0.363. The van der Waals surface area contributed by atoms with Crippen LogP contribution in [0.4, 0.5) is 0 Å². The number of nitrogens with zero attached hydrogens (tertiary/aromatic N) is 2. The van der Waals surface area contributed by atoms with Crippen LogP contribution in [0.1, 0.15) is 5.89 Å². The standard InChI is InChI=1S/C12H11ClN2O2/c1-2-6-16-10-5-3-4-9(7-10)12-14-11(8-13)17-15-12/h2-5,7H,1,6,8H2. The largest absolute Gasteiger partial charge is 0.490 e. The normalized spacial score (nSPS) is 10.2. The van der Waals surface area contributed by atoms with Crippen LogP contribution in [0.25, 0.3) is 11.4 Å². The molecule has 1 aromatic carbocycles. The molecule has 1 heterocycles. The number of benzene rings is 1. The third-order valence-electron chi connectivity index (χ3n) is 2.04. The summed E-state index contributed by atoms with van der Waals surface area (Å²) in [4.78, 5) is 4.13. The summed E-state index contributed by atoms with van der Waals surface area (Å²) in [6, 6.07) is 7.44. The van der Waals surface area contributed by atoms with Gasteiger partial charge in [0, 0.05) is 5.56 Å². The molecule has 0 radical (unpaired) electrons. The van der Waals surface area contributed by atoms with Gasteiger partial charge in [-0.05, 0) is 12.1 Å². The van der Waals surface area contributed by atoms with Crippen LogP contribution in [-0.2, 0) is 5.88 Å². The van der Waals surface area contributed by atoms with Crippen molar-refractivity contribution in [2.45, 2.75) is 5.88 Å². The summed E-state index contributed by atoms with van der Waals surface area (Å²) >= 11 is 5.60. The van der Waals surface area contributed by atoms with Crippen molar-refractivity contribution in [3.63, 3.8) is 0 Å². The number of alkyl halides is 1. The van der Waals surface area contributed by atoms with Crippen molar-refractivity contribution in [1.29, 1.82) is 0 Å². The third kappa shape index (κ3) is 2.85. The van der Waals surface area contributed by atoms with Crippen LogP contribution in [0, 0.1) is 0 Å². The van der Waals surface area contributed by atoms with Crippen molar-refractivity contribution in [1.82, 2.24) is 10.1 Å². The van der Waals surface area contributed by atoms with Crippen LogP contribution in [0.5, 0.6) is 5.75 Å². The molecule has 0 spiro atoms. The highest BCUT2D eigenvalue weighted by molar-refractivity contribution is 6.16. The van der Waals surface area contributed by atoms with E-state index in [1.807, 2.05) is 24.3 Å². The molecule has 0 bridgehead atoms. The zero-order chi connectivity index (χ0) is 12.1. The lowest BCUT2D eigenvalue weighted by Crippen LogP contribution is -1.92. The summed E-state index contributed by atoms with van der Waals surface area (Å²) in [6.45, 7) is 4.05. The second-order valence-electron chi connectivity index (χ2n) is 3.27. The maximum absolute atomic E-state index is 5.60. The summed E-state index contributed by atoms with van der Waals surface area (Å²) in [5, 5.41) is 3.83. The van der Waals surface area contributed by atoms with E-state index in [9.17, 15) is 0 Å². The highest BCUT2D eigenvalue weighted by atomic mass is 35.5. The van der Waals surface area contributed by atoms with Gasteiger partial charge in [0.15, 0.2) is 0 Å². The molecular weight excluding hydrogens is 240 g/mol. The molecule has 4 nitrogen and oxygen atoms in total. The fourth-order valence-electron chi connectivity index (χ4n) is 1.31. The van der Waals surface area contributed by atoms with E-state index < -0.39 is 0 Å². The van der Waals surface area contributed by atoms with Gasteiger partial charge in [0.05, 0.1) is 0 Å². The van der Waals surface area contributed by atoms with Crippen molar-refractivity contribution in [3.8, 4) is 17.1 Å². The van der Waals surface area contributed by atoms with Gasteiger partial charge in [0.1, 0.15) is 18.2 Å². The molecule has 17 heavy (non-hydrogen) atoms. The molecule has 0 aliphatic rings. The van der Waals surface area contributed by atoms with Gasteiger partial charge in [-0.15, -0.1) is 11.6 Å². The molecular formula is C12H11ClN2O2. The van der Waals surface area contributed by atoms with Gasteiger partial charge in [-0.1, -0.05) is 29.9 Å². The summed E-state index contributed by atoms with van der Waals surface area (Å²) in [6.07, 6.45) is 1.69. The second kappa shape index (κ2) is 5.50. The average Bonchev–Trinajstić information content (AvgIpc) is 2.85. The Morgan fingerprint density at radius 1 is 1.47 bits per heavy atom. The van der Waals surface area contributed by atoms with Gasteiger partial charge in [-0.25, -0.2) is 0 Å². The Kier molecular flexibility index (Phi) is 3.77. The van der Waals surface area contributed by atoms with Gasteiger partial charge < -0.3 is 9.26 Å². The summed E-state index contributed by atoms with van der Waals surface area (Å²) in [5.74, 6) is 1.85. The lowest BCUT2D eigenvalue weighted by atomic mass is 10.2. The first-order chi connectivity index (χ1) is 8.33. The average molecular weight is 251 g/mol. The van der Waals surface area contributed by atoms with Crippen LogP contribution in [0.15, 0.2) is 41.4 Å². The van der Waals surface area contributed by atoms with Gasteiger partial charge in [-0.2, -0.15) is 4.98 Å². The molecule has 88 valence electrons. The van der Waals surface area contributed by atoms with E-state index >= 15 is 0 Å². The minimum Gasteiger partial charge on any atom is -0.490 e. The molecule has 0 atom stereocenters. The molecule has 0 unspecified atom stereocenters. The maximum Gasteiger partial charge on any atom is 0.241 e. The maximum atomic E-state index is 5.60. The minimum atomic E-state index is 0.208. The topological polar surface area (TPSA) is 48.2 Å². The first-order valence-corrected chi connectivity index (χ1v) is 5.59. The second-order valence-corrected chi connectivity index (χ2v) is 3.54. The molecule has 0 aliphatic heterocycles. The van der Waals surface area contributed by atoms with Crippen molar-refractivity contribution in [3.05, 3.63) is 42.8 Å². The highest BCUT2D eigenvalue weighted by Crippen LogP contribution is 2.21. The Labute approximate surface area is 104 Å². The van der Waals surface area contributed by atoms with E-state index in [0.717, 1.165) is 11.3 Å². The number of aromatic nitrogens is 2. The van der Waals surface area contributed by atoms with Crippen LogP contribution in [0.2, 0.25) is 0 Å². The Morgan fingerprint density at radius 2 is 2.35 bits per heavy atom. The Hall–Kier alpha value is -1.81. The van der Waals surface area contributed by atoms with Gasteiger partial charge in [0.2, 0.25) is 11.7 Å². The zero-order valence-electron chi connectivity index (χ0n) is 9.10. The van der Waals surface area contributed by atoms with E-state index in [1.54, 1.807) is 6.08 Å². The molecule has 5 heteroatoms. The number of hydrogen-bond donors (Lipinski definition) is 0. The summed E-state index contributed by atoms with van der Waals surface area (Å²) < 4.78 is 10.4. The Balaban J connectivity index is 2.22. The quantitative estimate of drug-likeness (QED) is 0.605. The number of ether oxygens (including phenoxy) is 1. The smallest absolute Gasteiger partial charge is 0.241 e. The molecule has 0 N–H and O–H groups in total. The van der Waals surface area contributed by atoms with E-state index in [2.05, 4.69) is 16.7 Å². The minimum absolute atomic E-state index is 0.208. The van der Waals surface area contributed by atoms with E-state index in [0.29, 0.717) is 18.3 Å². The van der Waals surface area contributed by atoms with Gasteiger partial charge in [0.25, 0.3) is 0 Å². The Morgan fingerprint density at radius 3 is 3.06 bits per heavy atom. The predicted molar refractivity (Wildman–Crippen MR) is 65.0 cm³/mol. The van der Waals surface area contributed by atoms with Gasteiger partial charge >= 0.3 is 0 Å². The molecule has 1 aromatic heterocycles. The van der Waals surface area contributed by atoms with Crippen LogP contribution in [0.3, 0.4) is 0 Å². The van der Waals surface area contributed by atoms with E-state index in [1.165, 1.54) is 0 Å². The van der Waals surface area contributed by atoms with Crippen molar-refractivity contribution >= 4 is 11.6 Å². The van der Waals surface area contributed by atoms with Crippen LogP contribution in [-0.4, -0.2) is 16.7 Å². The number of hydrogen-bond acceptors (Lipinski definition) is 4. The van der Waals surface area contributed by atoms with Crippen LogP contribution >= 0.6 is 11.6 Å². The third-order valence-corrected chi connectivity index (χ3v) is 2.27. The van der Waals surface area contributed by atoms with Gasteiger partial charge in [-0.3, -0.25) is 0 Å². The first-order valence-electron chi connectivity index (χ1n) is 5.06. The molecule has 2 aromatic rings. The summed E-state index contributed by atoms with van der Waals surface area (Å²) in [7, 11) is 0. The SMILES string of the molecule is C=CCOc1cccc(-c2noc(CCl)n2)c1. The molecule has 0 saturated heterocycles. The lowest BCUT2D eigenvalue weighted by Gasteiger charge is -2.03. The fraction of sp³-hybridized carbons (Fsp3) is 0.167. The van der Waals surface area contributed by atoms with E-state index in [4.69, 9.17) is 20.9 Å². The molecule has 0 saturated carbocycles. The Bertz CT molecular complexity index is 511. The molecule has 0 aliphatic carbocycles. The van der Waals surface area contributed by atoms with Crippen molar-refractivity contribution in [2.24, 2.45) is 0 Å². The highest BCUT2D eigenvalue weighted by Gasteiger charge is 2.08. The van der Waals surface area contributed by atoms with Crippen LogP contribution < -0.4 is 4.74 Å². The molecule has 0 amide bonds. The number of rotatable bonds is 5. The molecule has 0 fully saturated rings. The predicted octanol–water partition coefficient (Wildman–Crippen LogP) is 3.04. The zero-order valence-corrected chi connectivity index (χ0v) is 9.85.